The number of hydrogen-bond donors (Lipinski definition) is 2. The summed E-state index contributed by atoms with van der Waals surface area (Å²) in [7, 11) is 0. The van der Waals surface area contributed by atoms with Gasteiger partial charge in [0.1, 0.15) is 17.7 Å². The number of ether oxygens (including phenoxy) is 2. The quantitative estimate of drug-likeness (QED) is 0.594. The molecule has 0 bridgehead atoms. The van der Waals surface area contributed by atoms with E-state index in [1.807, 2.05) is 40.7 Å². The minimum absolute atomic E-state index is 0.00322. The van der Waals surface area contributed by atoms with Gasteiger partial charge in [0.05, 0.1) is 23.3 Å². The highest BCUT2D eigenvalue weighted by atomic mass is 16.5. The van der Waals surface area contributed by atoms with Gasteiger partial charge in [-0.15, -0.1) is 0 Å². The van der Waals surface area contributed by atoms with E-state index < -0.39 is 5.54 Å². The molecular formula is C23H27N5O3. The maximum Gasteiger partial charge on any atom is 0.340 e. The van der Waals surface area contributed by atoms with Crippen molar-refractivity contribution in [2.45, 2.75) is 52.2 Å². The van der Waals surface area contributed by atoms with Gasteiger partial charge in [0, 0.05) is 23.9 Å². The summed E-state index contributed by atoms with van der Waals surface area (Å²) in [6, 6.07) is 5.41. The second-order valence-electron chi connectivity index (χ2n) is 8.40. The van der Waals surface area contributed by atoms with Crippen LogP contribution in [-0.2, 0) is 10.3 Å². The molecule has 3 aromatic heterocycles. The minimum atomic E-state index is -0.593. The largest absolute Gasteiger partial charge is 0.477 e. The molecule has 8 nitrogen and oxygen atoms in total. The van der Waals surface area contributed by atoms with Crippen molar-refractivity contribution in [1.29, 1.82) is 0 Å². The van der Waals surface area contributed by atoms with Crippen LogP contribution in [0.5, 0.6) is 5.88 Å². The predicted molar refractivity (Wildman–Crippen MR) is 119 cm³/mol. The molecule has 0 aromatic carbocycles. The van der Waals surface area contributed by atoms with Crippen LogP contribution >= 0.6 is 0 Å². The molecule has 0 saturated carbocycles. The number of pyridine rings is 3. The molecule has 0 saturated heterocycles. The van der Waals surface area contributed by atoms with Crippen molar-refractivity contribution in [3.8, 4) is 5.88 Å². The lowest BCUT2D eigenvalue weighted by molar-refractivity contribution is 0.0235. The molecule has 8 heteroatoms. The van der Waals surface area contributed by atoms with Crippen LogP contribution in [0, 0.1) is 0 Å². The van der Waals surface area contributed by atoms with Crippen LogP contribution in [0.15, 0.2) is 30.6 Å². The summed E-state index contributed by atoms with van der Waals surface area (Å²) in [6.07, 6.45) is 3.26. The van der Waals surface area contributed by atoms with Crippen molar-refractivity contribution in [3.63, 3.8) is 0 Å². The summed E-state index contributed by atoms with van der Waals surface area (Å²) in [4.78, 5) is 25.8. The van der Waals surface area contributed by atoms with Crippen LogP contribution in [-0.4, -0.2) is 33.6 Å². The molecule has 0 amide bonds. The maximum absolute atomic E-state index is 12.1. The van der Waals surface area contributed by atoms with Gasteiger partial charge in [0.25, 0.3) is 0 Å². The summed E-state index contributed by atoms with van der Waals surface area (Å²) < 4.78 is 11.0. The first-order valence-corrected chi connectivity index (χ1v) is 10.4. The normalized spacial score (nSPS) is 18.5. The molecule has 1 aliphatic heterocycles. The number of hydrogen-bond acceptors (Lipinski definition) is 8. The number of carbonyl (C=O) groups excluding carboxylic acids is 1. The van der Waals surface area contributed by atoms with Crippen molar-refractivity contribution in [2.24, 2.45) is 5.73 Å². The van der Waals surface area contributed by atoms with Gasteiger partial charge in [-0.1, -0.05) is 6.92 Å². The zero-order valence-electron chi connectivity index (χ0n) is 18.4. The van der Waals surface area contributed by atoms with Gasteiger partial charge < -0.3 is 20.5 Å². The van der Waals surface area contributed by atoms with E-state index in [9.17, 15) is 4.79 Å². The second-order valence-corrected chi connectivity index (χ2v) is 8.40. The Balaban J connectivity index is 1.75. The van der Waals surface area contributed by atoms with Gasteiger partial charge in [0.2, 0.25) is 5.88 Å². The van der Waals surface area contributed by atoms with Gasteiger partial charge in [0.15, 0.2) is 0 Å². The van der Waals surface area contributed by atoms with Gasteiger partial charge in [-0.3, -0.25) is 0 Å². The lowest BCUT2D eigenvalue weighted by atomic mass is 9.93. The first-order valence-electron chi connectivity index (χ1n) is 10.4. The van der Waals surface area contributed by atoms with Crippen LogP contribution in [0.4, 0.5) is 11.6 Å². The molecule has 0 fully saturated rings. The number of carbonyl (C=O) groups is 1. The highest BCUT2D eigenvalue weighted by Gasteiger charge is 2.31. The fraction of sp³-hybridized carbons (Fsp3) is 0.391. The lowest BCUT2D eigenvalue weighted by Gasteiger charge is -2.27. The topological polar surface area (TPSA) is 112 Å². The molecule has 0 aliphatic carbocycles. The number of esters is 1. The third kappa shape index (κ3) is 3.90. The number of nitrogens with two attached hydrogens (primary N) is 1. The van der Waals surface area contributed by atoms with Crippen molar-refractivity contribution in [1.82, 2.24) is 15.0 Å². The highest BCUT2D eigenvalue weighted by molar-refractivity contribution is 5.93. The van der Waals surface area contributed by atoms with Crippen LogP contribution in [0.2, 0.25) is 0 Å². The fourth-order valence-corrected chi connectivity index (χ4v) is 3.70. The van der Waals surface area contributed by atoms with E-state index >= 15 is 0 Å². The van der Waals surface area contributed by atoms with E-state index in [0.717, 1.165) is 22.0 Å². The average Bonchev–Trinajstić information content (AvgIpc) is 2.71. The number of nitrogens with one attached hydrogen (secondary N) is 1. The number of anilines is 2. The van der Waals surface area contributed by atoms with Crippen molar-refractivity contribution < 1.29 is 14.3 Å². The molecule has 0 radical (unpaired) electrons. The Labute approximate surface area is 181 Å². The van der Waals surface area contributed by atoms with Gasteiger partial charge in [-0.05, 0) is 56.8 Å². The lowest BCUT2D eigenvalue weighted by Crippen LogP contribution is -2.29. The van der Waals surface area contributed by atoms with E-state index in [-0.39, 0.29) is 18.0 Å². The Morgan fingerprint density at radius 1 is 1.16 bits per heavy atom. The Morgan fingerprint density at radius 2 is 1.94 bits per heavy atom. The van der Waals surface area contributed by atoms with Crippen LogP contribution in [0.3, 0.4) is 0 Å². The smallest absolute Gasteiger partial charge is 0.340 e. The van der Waals surface area contributed by atoms with Crippen LogP contribution in [0.1, 0.15) is 62.2 Å². The number of cyclic esters (lactones) is 1. The molecule has 4 rings (SSSR count). The van der Waals surface area contributed by atoms with Crippen molar-refractivity contribution in [2.75, 3.05) is 11.9 Å². The highest BCUT2D eigenvalue weighted by Crippen LogP contribution is 2.34. The van der Waals surface area contributed by atoms with Gasteiger partial charge in [-0.25, -0.2) is 19.7 Å². The molecule has 0 spiro atoms. The number of aromatic nitrogens is 3. The first-order chi connectivity index (χ1) is 14.7. The minimum Gasteiger partial charge on any atom is -0.477 e. The third-order valence-corrected chi connectivity index (χ3v) is 5.54. The maximum atomic E-state index is 12.1. The molecule has 162 valence electrons. The van der Waals surface area contributed by atoms with Gasteiger partial charge in [-0.2, -0.15) is 0 Å². The molecule has 31 heavy (non-hydrogen) atoms. The summed E-state index contributed by atoms with van der Waals surface area (Å²) >= 11 is 0. The molecule has 3 N–H and O–H groups in total. The van der Waals surface area contributed by atoms with E-state index in [2.05, 4.69) is 20.3 Å². The van der Waals surface area contributed by atoms with Gasteiger partial charge >= 0.3 is 5.97 Å². The summed E-state index contributed by atoms with van der Waals surface area (Å²) in [6.45, 7) is 10.2. The zero-order chi connectivity index (χ0) is 22.3. The predicted octanol–water partition coefficient (Wildman–Crippen LogP) is 4.02. The van der Waals surface area contributed by atoms with E-state index in [1.165, 1.54) is 0 Å². The fourth-order valence-electron chi connectivity index (χ4n) is 3.70. The first kappa shape index (κ1) is 21.0. The Hall–Kier alpha value is -3.26. The summed E-state index contributed by atoms with van der Waals surface area (Å²) in [5.41, 5.74) is 7.91. The average molecular weight is 422 g/mol. The van der Waals surface area contributed by atoms with E-state index in [0.29, 0.717) is 29.7 Å². The monoisotopic (exact) mass is 421 g/mol. The molecule has 2 atom stereocenters. The summed E-state index contributed by atoms with van der Waals surface area (Å²) in [5.74, 6) is 1.40. The Kier molecular flexibility index (Phi) is 5.26. The standard InChI is InChI=1S/C23H27N5O3/c1-6-30-21-16-10-25-19(9-15(16)17(11-26-21)23(4,5)24)27-18-8-7-14-20(28-18)12(2)13(3)31-22(14)29/h7-13H,6,24H2,1-5H3,(H,25,27,28)/t12-,13-/m0/s1. The molecular weight excluding hydrogens is 394 g/mol. The van der Waals surface area contributed by atoms with E-state index in [4.69, 9.17) is 15.2 Å². The molecule has 0 unspecified atom stereocenters. The molecule has 1 aliphatic rings. The number of nitrogens with zero attached hydrogens (tertiary/aromatic N) is 3. The van der Waals surface area contributed by atoms with Crippen molar-refractivity contribution in [3.05, 3.63) is 47.4 Å². The van der Waals surface area contributed by atoms with Crippen LogP contribution in [0.25, 0.3) is 10.8 Å². The number of fused-ring (bicyclic) bond motifs is 2. The Morgan fingerprint density at radius 3 is 2.65 bits per heavy atom. The van der Waals surface area contributed by atoms with E-state index in [1.54, 1.807) is 24.5 Å². The zero-order valence-corrected chi connectivity index (χ0v) is 18.4. The summed E-state index contributed by atoms with van der Waals surface area (Å²) in [5, 5.41) is 4.96. The van der Waals surface area contributed by atoms with Crippen LogP contribution < -0.4 is 15.8 Å². The molecule has 4 heterocycles. The number of rotatable bonds is 5. The van der Waals surface area contributed by atoms with Crippen molar-refractivity contribution >= 4 is 28.4 Å². The SMILES string of the molecule is CCOc1ncc(C(C)(C)N)c2cc(Nc3ccc4c(n3)[C@@H](C)[C@H](C)OC4=O)ncc12. The second kappa shape index (κ2) is 7.77. The molecule has 3 aromatic rings. The third-order valence-electron chi connectivity index (χ3n) is 5.54. The Bertz CT molecular complexity index is 1160.